The van der Waals surface area contributed by atoms with Gasteiger partial charge in [0, 0.05) is 19.8 Å². The van der Waals surface area contributed by atoms with Crippen LogP contribution >= 0.6 is 0 Å². The minimum absolute atomic E-state index is 0.273. The Morgan fingerprint density at radius 3 is 2.78 bits per heavy atom. The highest BCUT2D eigenvalue weighted by Crippen LogP contribution is 2.30. The zero-order valence-electron chi connectivity index (χ0n) is 11.1. The van der Waals surface area contributed by atoms with E-state index >= 15 is 0 Å². The number of ether oxygens (including phenoxy) is 1. The molecule has 0 amide bonds. The van der Waals surface area contributed by atoms with Crippen molar-refractivity contribution >= 4 is 5.69 Å². The molecular weight excluding hydrogens is 224 g/mol. The van der Waals surface area contributed by atoms with Gasteiger partial charge in [0.2, 0.25) is 0 Å². The Morgan fingerprint density at radius 2 is 2.11 bits per heavy atom. The van der Waals surface area contributed by atoms with E-state index in [1.54, 1.807) is 0 Å². The maximum atomic E-state index is 9.10. The van der Waals surface area contributed by atoms with Gasteiger partial charge in [-0.2, -0.15) is 5.26 Å². The SMILES string of the molecule is Cc1ccc(C#N)c(NCC2(C)CCOCC2)c1. The Bertz CT molecular complexity index is 456. The van der Waals surface area contributed by atoms with Gasteiger partial charge in [-0.15, -0.1) is 0 Å². The number of hydrogen-bond acceptors (Lipinski definition) is 3. The van der Waals surface area contributed by atoms with Gasteiger partial charge < -0.3 is 10.1 Å². The molecule has 1 aliphatic rings. The highest BCUT2D eigenvalue weighted by molar-refractivity contribution is 5.58. The topological polar surface area (TPSA) is 45.0 Å². The number of rotatable bonds is 3. The standard InChI is InChI=1S/C15H20N2O/c1-12-3-4-13(10-16)14(9-12)17-11-15(2)5-7-18-8-6-15/h3-4,9,17H,5-8,11H2,1-2H3. The monoisotopic (exact) mass is 244 g/mol. The van der Waals surface area contributed by atoms with Gasteiger partial charge in [0.1, 0.15) is 6.07 Å². The van der Waals surface area contributed by atoms with Crippen LogP contribution in [-0.4, -0.2) is 19.8 Å². The van der Waals surface area contributed by atoms with Crippen LogP contribution in [0.2, 0.25) is 0 Å². The lowest BCUT2D eigenvalue weighted by molar-refractivity contribution is 0.0300. The van der Waals surface area contributed by atoms with Crippen LogP contribution in [-0.2, 0) is 4.74 Å². The zero-order chi connectivity index (χ0) is 13.0. The van der Waals surface area contributed by atoms with E-state index in [1.165, 1.54) is 5.56 Å². The lowest BCUT2D eigenvalue weighted by Gasteiger charge is -2.34. The molecule has 96 valence electrons. The summed E-state index contributed by atoms with van der Waals surface area (Å²) in [6.45, 7) is 6.91. The molecule has 0 bridgehead atoms. The number of nitrogens with zero attached hydrogens (tertiary/aromatic N) is 1. The number of hydrogen-bond donors (Lipinski definition) is 1. The highest BCUT2D eigenvalue weighted by Gasteiger charge is 2.27. The quantitative estimate of drug-likeness (QED) is 0.888. The Labute approximate surface area is 109 Å². The molecule has 1 aromatic rings. The van der Waals surface area contributed by atoms with Gasteiger partial charge in [-0.3, -0.25) is 0 Å². The number of nitriles is 1. The summed E-state index contributed by atoms with van der Waals surface area (Å²) in [7, 11) is 0. The molecule has 1 heterocycles. The summed E-state index contributed by atoms with van der Waals surface area (Å²) in [5, 5.41) is 12.5. The predicted octanol–water partition coefficient (Wildman–Crippen LogP) is 3.10. The number of benzene rings is 1. The Balaban J connectivity index is 2.05. The van der Waals surface area contributed by atoms with Crippen LogP contribution in [0.15, 0.2) is 18.2 Å². The molecule has 0 aliphatic carbocycles. The molecule has 3 nitrogen and oxygen atoms in total. The molecule has 3 heteroatoms. The molecule has 2 rings (SSSR count). The van der Waals surface area contributed by atoms with Gasteiger partial charge in [0.25, 0.3) is 0 Å². The van der Waals surface area contributed by atoms with E-state index in [9.17, 15) is 0 Å². The van der Waals surface area contributed by atoms with Crippen LogP contribution in [0.5, 0.6) is 0 Å². The van der Waals surface area contributed by atoms with Crippen molar-refractivity contribution in [3.05, 3.63) is 29.3 Å². The van der Waals surface area contributed by atoms with Gasteiger partial charge >= 0.3 is 0 Å². The first-order chi connectivity index (χ1) is 8.63. The Morgan fingerprint density at radius 1 is 1.39 bits per heavy atom. The summed E-state index contributed by atoms with van der Waals surface area (Å²) in [5.41, 5.74) is 3.12. The van der Waals surface area contributed by atoms with Crippen molar-refractivity contribution in [3.8, 4) is 6.07 Å². The summed E-state index contributed by atoms with van der Waals surface area (Å²) >= 11 is 0. The molecule has 1 N–H and O–H groups in total. The normalized spacial score (nSPS) is 18.1. The molecule has 1 saturated heterocycles. The first-order valence-corrected chi connectivity index (χ1v) is 6.45. The Hall–Kier alpha value is -1.53. The van der Waals surface area contributed by atoms with E-state index in [0.717, 1.165) is 43.9 Å². The van der Waals surface area contributed by atoms with Gasteiger partial charge in [0.15, 0.2) is 0 Å². The maximum absolute atomic E-state index is 9.10. The molecule has 18 heavy (non-hydrogen) atoms. The van der Waals surface area contributed by atoms with Crippen LogP contribution in [0.1, 0.15) is 30.9 Å². The van der Waals surface area contributed by atoms with Crippen molar-refractivity contribution in [1.29, 1.82) is 5.26 Å². The minimum Gasteiger partial charge on any atom is -0.383 e. The number of aryl methyl sites for hydroxylation is 1. The third-order valence-electron chi connectivity index (χ3n) is 3.70. The molecule has 0 radical (unpaired) electrons. The summed E-state index contributed by atoms with van der Waals surface area (Å²) in [4.78, 5) is 0. The summed E-state index contributed by atoms with van der Waals surface area (Å²) in [6.07, 6.45) is 2.15. The molecule has 0 unspecified atom stereocenters. The molecule has 0 aromatic heterocycles. The average Bonchev–Trinajstić information content (AvgIpc) is 2.38. The number of anilines is 1. The van der Waals surface area contributed by atoms with Gasteiger partial charge in [0.05, 0.1) is 11.3 Å². The van der Waals surface area contributed by atoms with E-state index < -0.39 is 0 Å². The molecule has 1 aliphatic heterocycles. The van der Waals surface area contributed by atoms with Crippen molar-refractivity contribution in [2.75, 3.05) is 25.1 Å². The van der Waals surface area contributed by atoms with E-state index in [1.807, 2.05) is 25.1 Å². The van der Waals surface area contributed by atoms with Crippen molar-refractivity contribution in [2.24, 2.45) is 5.41 Å². The van der Waals surface area contributed by atoms with E-state index in [4.69, 9.17) is 10.00 Å². The first kappa shape index (κ1) is 12.9. The average molecular weight is 244 g/mol. The lowest BCUT2D eigenvalue weighted by Crippen LogP contribution is -2.33. The predicted molar refractivity (Wildman–Crippen MR) is 72.5 cm³/mol. The molecule has 0 spiro atoms. The summed E-state index contributed by atoms with van der Waals surface area (Å²) in [6, 6.07) is 8.13. The third-order valence-corrected chi connectivity index (χ3v) is 3.70. The fraction of sp³-hybridized carbons (Fsp3) is 0.533. The summed E-state index contributed by atoms with van der Waals surface area (Å²) < 4.78 is 5.40. The van der Waals surface area contributed by atoms with E-state index in [0.29, 0.717) is 0 Å². The van der Waals surface area contributed by atoms with Crippen molar-refractivity contribution in [2.45, 2.75) is 26.7 Å². The molecule has 1 fully saturated rings. The molecule has 0 atom stereocenters. The fourth-order valence-corrected chi connectivity index (χ4v) is 2.25. The molecule has 1 aromatic carbocycles. The van der Waals surface area contributed by atoms with Crippen LogP contribution in [0.25, 0.3) is 0 Å². The van der Waals surface area contributed by atoms with Crippen LogP contribution in [0, 0.1) is 23.7 Å². The second-order valence-electron chi connectivity index (χ2n) is 5.44. The van der Waals surface area contributed by atoms with E-state index in [2.05, 4.69) is 18.3 Å². The molecular formula is C15H20N2O. The second kappa shape index (κ2) is 5.41. The van der Waals surface area contributed by atoms with Gasteiger partial charge in [-0.25, -0.2) is 0 Å². The van der Waals surface area contributed by atoms with Crippen molar-refractivity contribution < 1.29 is 4.74 Å². The van der Waals surface area contributed by atoms with Gasteiger partial charge in [-0.05, 0) is 42.9 Å². The maximum Gasteiger partial charge on any atom is 0.101 e. The first-order valence-electron chi connectivity index (χ1n) is 6.45. The van der Waals surface area contributed by atoms with Crippen molar-refractivity contribution in [3.63, 3.8) is 0 Å². The zero-order valence-corrected chi connectivity index (χ0v) is 11.1. The fourth-order valence-electron chi connectivity index (χ4n) is 2.25. The van der Waals surface area contributed by atoms with Crippen LogP contribution in [0.3, 0.4) is 0 Å². The second-order valence-corrected chi connectivity index (χ2v) is 5.44. The van der Waals surface area contributed by atoms with Crippen LogP contribution in [0.4, 0.5) is 5.69 Å². The largest absolute Gasteiger partial charge is 0.383 e. The van der Waals surface area contributed by atoms with Crippen LogP contribution < -0.4 is 5.32 Å². The Kier molecular flexibility index (Phi) is 3.88. The summed E-state index contributed by atoms with van der Waals surface area (Å²) in [5.74, 6) is 0. The van der Waals surface area contributed by atoms with E-state index in [-0.39, 0.29) is 5.41 Å². The minimum atomic E-state index is 0.273. The number of nitrogens with one attached hydrogen (secondary N) is 1. The van der Waals surface area contributed by atoms with Crippen molar-refractivity contribution in [1.82, 2.24) is 0 Å². The van der Waals surface area contributed by atoms with Gasteiger partial charge in [-0.1, -0.05) is 13.0 Å². The lowest BCUT2D eigenvalue weighted by atomic mass is 9.82. The highest BCUT2D eigenvalue weighted by atomic mass is 16.5. The molecule has 0 saturated carbocycles. The smallest absolute Gasteiger partial charge is 0.101 e. The third kappa shape index (κ3) is 3.02.